The Morgan fingerprint density at radius 3 is 2.33 bits per heavy atom. The summed E-state index contributed by atoms with van der Waals surface area (Å²) in [5.41, 5.74) is 0.853. The molecular formula is C22H24N4O6S. The number of carbonyl (C=O) groups is 1. The van der Waals surface area contributed by atoms with Gasteiger partial charge in [-0.05, 0) is 55.3 Å². The van der Waals surface area contributed by atoms with Crippen molar-refractivity contribution in [3.8, 4) is 23.0 Å². The van der Waals surface area contributed by atoms with Crippen molar-refractivity contribution in [3.63, 3.8) is 0 Å². The molecule has 0 radical (unpaired) electrons. The number of rotatable bonds is 7. The average Bonchev–Trinajstić information content (AvgIpc) is 3.32. The van der Waals surface area contributed by atoms with Gasteiger partial charge in [-0.3, -0.25) is 10.1 Å². The normalized spacial score (nSPS) is 14.6. The van der Waals surface area contributed by atoms with Crippen molar-refractivity contribution in [1.29, 1.82) is 0 Å². The van der Waals surface area contributed by atoms with Crippen LogP contribution in [0.15, 0.2) is 51.8 Å². The van der Waals surface area contributed by atoms with Gasteiger partial charge in [0.1, 0.15) is 0 Å². The lowest BCUT2D eigenvalue weighted by Crippen LogP contribution is -2.35. The minimum atomic E-state index is -3.56. The first kappa shape index (κ1) is 22.7. The third-order valence-corrected chi connectivity index (χ3v) is 7.26. The van der Waals surface area contributed by atoms with E-state index in [0.29, 0.717) is 30.2 Å². The van der Waals surface area contributed by atoms with Crippen molar-refractivity contribution < 1.29 is 27.1 Å². The van der Waals surface area contributed by atoms with Crippen LogP contribution in [-0.2, 0) is 10.0 Å². The molecule has 4 rings (SSSR count). The van der Waals surface area contributed by atoms with Gasteiger partial charge < -0.3 is 13.9 Å². The lowest BCUT2D eigenvalue weighted by atomic mass is 10.2. The molecule has 3 aromatic rings. The van der Waals surface area contributed by atoms with Crippen molar-refractivity contribution in [2.75, 3.05) is 32.6 Å². The van der Waals surface area contributed by atoms with E-state index in [1.165, 1.54) is 42.8 Å². The van der Waals surface area contributed by atoms with E-state index < -0.39 is 15.9 Å². The number of piperidine rings is 1. The van der Waals surface area contributed by atoms with Crippen LogP contribution in [-0.4, -0.2) is 56.1 Å². The van der Waals surface area contributed by atoms with E-state index in [-0.39, 0.29) is 22.4 Å². The van der Waals surface area contributed by atoms with Gasteiger partial charge in [0.2, 0.25) is 15.9 Å². The number of hydrogen-bond acceptors (Lipinski definition) is 8. The predicted octanol–water partition coefficient (Wildman–Crippen LogP) is 3.18. The summed E-state index contributed by atoms with van der Waals surface area (Å²) in [7, 11) is -0.507. The number of anilines is 1. The van der Waals surface area contributed by atoms with Crippen molar-refractivity contribution >= 4 is 21.9 Å². The number of sulfonamides is 1. The second-order valence-corrected chi connectivity index (χ2v) is 9.36. The van der Waals surface area contributed by atoms with Gasteiger partial charge in [-0.1, -0.05) is 11.5 Å². The summed E-state index contributed by atoms with van der Waals surface area (Å²) in [6.07, 6.45) is 2.75. The van der Waals surface area contributed by atoms with Gasteiger partial charge in [0.25, 0.3) is 5.91 Å². The van der Waals surface area contributed by atoms with Crippen LogP contribution in [0.1, 0.15) is 29.6 Å². The molecule has 1 fully saturated rings. The summed E-state index contributed by atoms with van der Waals surface area (Å²) in [5.74, 6) is 0.743. The highest BCUT2D eigenvalue weighted by Crippen LogP contribution is 2.32. The number of carbonyl (C=O) groups excluding carboxylic acids is 1. The molecule has 1 N–H and O–H groups in total. The number of nitrogens with zero attached hydrogens (tertiary/aromatic N) is 3. The first-order valence-electron chi connectivity index (χ1n) is 10.4. The largest absolute Gasteiger partial charge is 0.493 e. The molecule has 0 bridgehead atoms. The van der Waals surface area contributed by atoms with Crippen LogP contribution in [0.4, 0.5) is 6.01 Å². The zero-order chi connectivity index (χ0) is 23.4. The Balaban J connectivity index is 1.45. The molecule has 0 spiro atoms. The fraction of sp³-hybridized carbons (Fsp3) is 0.318. The molecule has 2 heterocycles. The van der Waals surface area contributed by atoms with Gasteiger partial charge in [0, 0.05) is 24.2 Å². The molecule has 0 saturated carbocycles. The van der Waals surface area contributed by atoms with E-state index in [2.05, 4.69) is 15.5 Å². The molecule has 1 aromatic heterocycles. The summed E-state index contributed by atoms with van der Waals surface area (Å²) in [6.45, 7) is 1.04. The number of aromatic nitrogens is 2. The summed E-state index contributed by atoms with van der Waals surface area (Å²) < 4.78 is 43.0. The number of benzene rings is 2. The maximum Gasteiger partial charge on any atom is 0.322 e. The molecule has 174 valence electrons. The van der Waals surface area contributed by atoms with E-state index in [1.54, 1.807) is 18.2 Å². The lowest BCUT2D eigenvalue weighted by molar-refractivity contribution is 0.102. The molecule has 1 amide bonds. The summed E-state index contributed by atoms with van der Waals surface area (Å²) in [6, 6.07) is 10.8. The highest BCUT2D eigenvalue weighted by molar-refractivity contribution is 7.89. The SMILES string of the molecule is COc1ccc(-c2nnc(NC(=O)c3ccc(S(=O)(=O)N4CCCCC4)cc3)o2)cc1OC. The van der Waals surface area contributed by atoms with Crippen LogP contribution in [0.3, 0.4) is 0 Å². The molecule has 0 atom stereocenters. The Kier molecular flexibility index (Phi) is 6.61. The number of ether oxygens (including phenoxy) is 2. The van der Waals surface area contributed by atoms with Crippen LogP contribution in [0.2, 0.25) is 0 Å². The molecule has 0 aliphatic carbocycles. The fourth-order valence-electron chi connectivity index (χ4n) is 3.56. The second kappa shape index (κ2) is 9.59. The molecular weight excluding hydrogens is 448 g/mol. The van der Waals surface area contributed by atoms with Gasteiger partial charge in [-0.15, -0.1) is 5.10 Å². The highest BCUT2D eigenvalue weighted by atomic mass is 32.2. The zero-order valence-corrected chi connectivity index (χ0v) is 19.1. The molecule has 1 saturated heterocycles. The number of methoxy groups -OCH3 is 2. The Morgan fingerprint density at radius 2 is 1.67 bits per heavy atom. The lowest BCUT2D eigenvalue weighted by Gasteiger charge is -2.25. The van der Waals surface area contributed by atoms with E-state index in [0.717, 1.165) is 19.3 Å². The van der Waals surface area contributed by atoms with E-state index >= 15 is 0 Å². The van der Waals surface area contributed by atoms with Crippen LogP contribution in [0.5, 0.6) is 11.5 Å². The minimum Gasteiger partial charge on any atom is -0.493 e. The zero-order valence-electron chi connectivity index (χ0n) is 18.3. The van der Waals surface area contributed by atoms with Gasteiger partial charge in [-0.25, -0.2) is 8.42 Å². The topological polar surface area (TPSA) is 124 Å². The standard InChI is InChI=1S/C22H24N4O6S/c1-30-18-11-8-16(14-19(18)31-2)21-24-25-22(32-21)23-20(27)15-6-9-17(10-7-15)33(28,29)26-12-4-3-5-13-26/h6-11,14H,3-5,12-13H2,1-2H3,(H,23,25,27). The van der Waals surface area contributed by atoms with E-state index in [1.807, 2.05) is 0 Å². The Morgan fingerprint density at radius 1 is 0.970 bits per heavy atom. The van der Waals surface area contributed by atoms with Gasteiger partial charge in [-0.2, -0.15) is 4.31 Å². The van der Waals surface area contributed by atoms with E-state index in [9.17, 15) is 13.2 Å². The first-order chi connectivity index (χ1) is 15.9. The van der Waals surface area contributed by atoms with Gasteiger partial charge >= 0.3 is 6.01 Å². The summed E-state index contributed by atoms with van der Waals surface area (Å²) in [5, 5.41) is 10.3. The minimum absolute atomic E-state index is 0.0881. The Bertz CT molecular complexity index is 1230. The first-order valence-corrected chi connectivity index (χ1v) is 11.8. The molecule has 1 aliphatic rings. The van der Waals surface area contributed by atoms with Gasteiger partial charge in [0.15, 0.2) is 11.5 Å². The van der Waals surface area contributed by atoms with Crippen molar-refractivity contribution in [2.45, 2.75) is 24.2 Å². The molecule has 1 aliphatic heterocycles. The number of hydrogen-bond donors (Lipinski definition) is 1. The maximum atomic E-state index is 12.8. The molecule has 33 heavy (non-hydrogen) atoms. The summed E-state index contributed by atoms with van der Waals surface area (Å²) >= 11 is 0. The van der Waals surface area contributed by atoms with E-state index in [4.69, 9.17) is 13.9 Å². The third kappa shape index (κ3) is 4.83. The molecule has 10 nitrogen and oxygen atoms in total. The average molecular weight is 473 g/mol. The monoisotopic (exact) mass is 472 g/mol. The number of amides is 1. The molecule has 2 aromatic carbocycles. The van der Waals surface area contributed by atoms with Crippen LogP contribution < -0.4 is 14.8 Å². The van der Waals surface area contributed by atoms with Gasteiger partial charge in [0.05, 0.1) is 19.1 Å². The smallest absolute Gasteiger partial charge is 0.322 e. The van der Waals surface area contributed by atoms with Crippen molar-refractivity contribution in [3.05, 3.63) is 48.0 Å². The van der Waals surface area contributed by atoms with Crippen molar-refractivity contribution in [2.24, 2.45) is 0 Å². The fourth-order valence-corrected chi connectivity index (χ4v) is 5.08. The van der Waals surface area contributed by atoms with Crippen LogP contribution in [0.25, 0.3) is 11.5 Å². The Labute approximate surface area is 191 Å². The molecule has 0 unspecified atom stereocenters. The summed E-state index contributed by atoms with van der Waals surface area (Å²) in [4.78, 5) is 12.7. The van der Waals surface area contributed by atoms with Crippen LogP contribution >= 0.6 is 0 Å². The Hall–Kier alpha value is -3.44. The number of nitrogens with one attached hydrogen (secondary N) is 1. The predicted molar refractivity (Wildman–Crippen MR) is 120 cm³/mol. The quantitative estimate of drug-likeness (QED) is 0.556. The van der Waals surface area contributed by atoms with Crippen molar-refractivity contribution in [1.82, 2.24) is 14.5 Å². The third-order valence-electron chi connectivity index (χ3n) is 5.35. The second-order valence-electron chi connectivity index (χ2n) is 7.43. The molecule has 11 heteroatoms. The van der Waals surface area contributed by atoms with Crippen LogP contribution in [0, 0.1) is 0 Å². The maximum absolute atomic E-state index is 12.8. The highest BCUT2D eigenvalue weighted by Gasteiger charge is 2.26.